The number of benzene rings is 2. The first-order valence-corrected chi connectivity index (χ1v) is 8.25. The molecule has 0 aliphatic heterocycles. The fraction of sp³-hybridized carbons (Fsp3) is 0.278. The van der Waals surface area contributed by atoms with E-state index in [9.17, 15) is 9.18 Å². The Morgan fingerprint density at radius 2 is 2.09 bits per heavy atom. The minimum Gasteiger partial charge on any atom is -0.351 e. The van der Waals surface area contributed by atoms with Crippen molar-refractivity contribution in [1.82, 2.24) is 5.32 Å². The zero-order valence-corrected chi connectivity index (χ0v) is 13.7. The van der Waals surface area contributed by atoms with E-state index in [2.05, 4.69) is 45.5 Å². The van der Waals surface area contributed by atoms with Crippen molar-refractivity contribution < 1.29 is 9.18 Å². The zero-order chi connectivity index (χ0) is 15.5. The Morgan fingerprint density at radius 3 is 2.91 bits per heavy atom. The van der Waals surface area contributed by atoms with E-state index in [1.54, 1.807) is 0 Å². The van der Waals surface area contributed by atoms with Crippen LogP contribution < -0.4 is 5.32 Å². The number of nitrogens with one attached hydrogen (secondary N) is 1. The molecule has 0 saturated heterocycles. The van der Waals surface area contributed by atoms with Gasteiger partial charge in [-0.25, -0.2) is 4.39 Å². The average molecular weight is 362 g/mol. The van der Waals surface area contributed by atoms with Crippen LogP contribution in [0.5, 0.6) is 0 Å². The van der Waals surface area contributed by atoms with Crippen LogP contribution in [0.15, 0.2) is 46.9 Å². The van der Waals surface area contributed by atoms with Crippen molar-refractivity contribution in [2.24, 2.45) is 0 Å². The van der Waals surface area contributed by atoms with Crippen molar-refractivity contribution in [1.29, 1.82) is 0 Å². The maximum Gasteiger partial charge on any atom is 0.252 e. The van der Waals surface area contributed by atoms with E-state index in [0.29, 0.717) is 22.5 Å². The minimum atomic E-state index is -0.357. The van der Waals surface area contributed by atoms with Crippen LogP contribution in [-0.2, 0) is 6.42 Å². The summed E-state index contributed by atoms with van der Waals surface area (Å²) < 4.78 is 13.6. The third-order valence-electron chi connectivity index (χ3n) is 4.18. The fourth-order valence-electron chi connectivity index (χ4n) is 3.05. The van der Waals surface area contributed by atoms with Gasteiger partial charge in [-0.2, -0.15) is 0 Å². The predicted octanol–water partition coefficient (Wildman–Crippen LogP) is 4.44. The van der Waals surface area contributed by atoms with Gasteiger partial charge in [-0.3, -0.25) is 4.79 Å². The van der Waals surface area contributed by atoms with E-state index in [1.165, 1.54) is 29.3 Å². The Hall–Kier alpha value is -1.68. The second kappa shape index (κ2) is 6.61. The van der Waals surface area contributed by atoms with E-state index >= 15 is 0 Å². The fourth-order valence-corrected chi connectivity index (χ4v) is 3.58. The smallest absolute Gasteiger partial charge is 0.252 e. The highest BCUT2D eigenvalue weighted by Gasteiger charge is 2.20. The highest BCUT2D eigenvalue weighted by Crippen LogP contribution is 2.31. The molecule has 114 valence electrons. The van der Waals surface area contributed by atoms with Gasteiger partial charge >= 0.3 is 0 Å². The van der Waals surface area contributed by atoms with Crippen molar-refractivity contribution >= 4 is 21.8 Å². The molecule has 22 heavy (non-hydrogen) atoms. The molecule has 4 heteroatoms. The normalized spacial score (nSPS) is 16.9. The number of fused-ring (bicyclic) bond motifs is 1. The number of hydrogen-bond donors (Lipinski definition) is 1. The van der Waals surface area contributed by atoms with Crippen molar-refractivity contribution in [3.05, 3.63) is 69.4 Å². The Bertz CT molecular complexity index is 701. The Labute approximate surface area is 137 Å². The standard InChI is InChI=1S/C18H17BrFNO/c19-17-10-14(20)8-9-16(17)18(22)21-11-13-6-3-5-12-4-1-2-7-15(12)13/h1-2,4,7-10,13H,3,5-6,11H2,(H,21,22)/t13-/m0/s1. The lowest BCUT2D eigenvalue weighted by atomic mass is 9.83. The van der Waals surface area contributed by atoms with Crippen LogP contribution >= 0.6 is 15.9 Å². The van der Waals surface area contributed by atoms with Crippen LogP contribution in [0.25, 0.3) is 0 Å². The van der Waals surface area contributed by atoms with Gasteiger partial charge in [0.15, 0.2) is 0 Å². The molecule has 1 aliphatic rings. The van der Waals surface area contributed by atoms with Crippen LogP contribution in [0.4, 0.5) is 4.39 Å². The molecule has 3 rings (SSSR count). The largest absolute Gasteiger partial charge is 0.351 e. The summed E-state index contributed by atoms with van der Waals surface area (Å²) in [6.45, 7) is 0.611. The van der Waals surface area contributed by atoms with Crippen LogP contribution in [0.2, 0.25) is 0 Å². The Morgan fingerprint density at radius 1 is 1.27 bits per heavy atom. The molecular weight excluding hydrogens is 345 g/mol. The first-order chi connectivity index (χ1) is 10.6. The molecule has 2 aromatic carbocycles. The van der Waals surface area contributed by atoms with Gasteiger partial charge in [0.1, 0.15) is 5.82 Å². The van der Waals surface area contributed by atoms with Gasteiger partial charge in [-0.15, -0.1) is 0 Å². The maximum absolute atomic E-state index is 13.1. The topological polar surface area (TPSA) is 29.1 Å². The number of carbonyl (C=O) groups is 1. The molecule has 2 aromatic rings. The quantitative estimate of drug-likeness (QED) is 0.860. The number of carbonyl (C=O) groups excluding carboxylic acids is 1. The molecular formula is C18H17BrFNO. The molecule has 0 aromatic heterocycles. The maximum atomic E-state index is 13.1. The molecule has 1 N–H and O–H groups in total. The van der Waals surface area contributed by atoms with Crippen LogP contribution in [0.1, 0.15) is 40.2 Å². The third kappa shape index (κ3) is 3.22. The Kier molecular flexibility index (Phi) is 4.57. The van der Waals surface area contributed by atoms with E-state index in [1.807, 2.05) is 0 Å². The molecule has 0 saturated carbocycles. The van der Waals surface area contributed by atoms with Gasteiger partial charge < -0.3 is 5.32 Å². The van der Waals surface area contributed by atoms with Gasteiger partial charge in [-0.1, -0.05) is 24.3 Å². The molecule has 1 atom stereocenters. The highest BCUT2D eigenvalue weighted by molar-refractivity contribution is 9.10. The van der Waals surface area contributed by atoms with E-state index in [4.69, 9.17) is 0 Å². The first kappa shape index (κ1) is 15.2. The molecule has 0 spiro atoms. The van der Waals surface area contributed by atoms with Crippen molar-refractivity contribution in [3.63, 3.8) is 0 Å². The second-order valence-electron chi connectivity index (χ2n) is 5.62. The van der Waals surface area contributed by atoms with Gasteiger partial charge in [0, 0.05) is 16.9 Å². The summed E-state index contributed by atoms with van der Waals surface area (Å²) >= 11 is 3.24. The van der Waals surface area contributed by atoms with Gasteiger partial charge in [-0.05, 0) is 64.5 Å². The zero-order valence-electron chi connectivity index (χ0n) is 12.1. The van der Waals surface area contributed by atoms with Crippen molar-refractivity contribution in [2.45, 2.75) is 25.2 Å². The number of rotatable bonds is 3. The number of amides is 1. The van der Waals surface area contributed by atoms with Crippen LogP contribution in [0.3, 0.4) is 0 Å². The summed E-state index contributed by atoms with van der Waals surface area (Å²) in [7, 11) is 0. The summed E-state index contributed by atoms with van der Waals surface area (Å²) in [5, 5.41) is 2.98. The molecule has 1 aliphatic carbocycles. The summed E-state index contributed by atoms with van der Waals surface area (Å²) in [5.41, 5.74) is 3.19. The molecule has 1 amide bonds. The van der Waals surface area contributed by atoms with E-state index in [-0.39, 0.29) is 11.7 Å². The Balaban J connectivity index is 1.69. The van der Waals surface area contributed by atoms with Crippen molar-refractivity contribution in [3.8, 4) is 0 Å². The SMILES string of the molecule is O=C(NC[C@@H]1CCCc2ccccc21)c1ccc(F)cc1Br. The first-order valence-electron chi connectivity index (χ1n) is 7.46. The average Bonchev–Trinajstić information content (AvgIpc) is 2.52. The number of hydrogen-bond acceptors (Lipinski definition) is 1. The molecule has 0 heterocycles. The predicted molar refractivity (Wildman–Crippen MR) is 88.6 cm³/mol. The van der Waals surface area contributed by atoms with Crippen molar-refractivity contribution in [2.75, 3.05) is 6.54 Å². The van der Waals surface area contributed by atoms with Gasteiger partial charge in [0.25, 0.3) is 5.91 Å². The lowest BCUT2D eigenvalue weighted by Gasteiger charge is -2.25. The number of aryl methyl sites for hydroxylation is 1. The number of halogens is 2. The molecule has 0 fully saturated rings. The summed E-state index contributed by atoms with van der Waals surface area (Å²) in [4.78, 5) is 12.3. The summed E-state index contributed by atoms with van der Waals surface area (Å²) in [6, 6.07) is 12.5. The minimum absolute atomic E-state index is 0.171. The third-order valence-corrected chi connectivity index (χ3v) is 4.83. The lowest BCUT2D eigenvalue weighted by Crippen LogP contribution is -2.30. The lowest BCUT2D eigenvalue weighted by molar-refractivity contribution is 0.0949. The highest BCUT2D eigenvalue weighted by atomic mass is 79.9. The molecule has 0 bridgehead atoms. The molecule has 0 unspecified atom stereocenters. The van der Waals surface area contributed by atoms with E-state index in [0.717, 1.165) is 19.3 Å². The van der Waals surface area contributed by atoms with Crippen LogP contribution in [0, 0.1) is 5.82 Å². The second-order valence-corrected chi connectivity index (χ2v) is 6.48. The molecule has 2 nitrogen and oxygen atoms in total. The summed E-state index contributed by atoms with van der Waals surface area (Å²) in [5.74, 6) is -0.173. The monoisotopic (exact) mass is 361 g/mol. The van der Waals surface area contributed by atoms with E-state index < -0.39 is 0 Å². The van der Waals surface area contributed by atoms with Gasteiger partial charge in [0.2, 0.25) is 0 Å². The van der Waals surface area contributed by atoms with Crippen LogP contribution in [-0.4, -0.2) is 12.5 Å². The summed E-state index contributed by atoms with van der Waals surface area (Å²) in [6.07, 6.45) is 3.35. The molecule has 0 radical (unpaired) electrons. The van der Waals surface area contributed by atoms with Gasteiger partial charge in [0.05, 0.1) is 5.56 Å².